The molecule has 0 amide bonds. The molecule has 1 aromatic heterocycles. The number of thioether (sulfide) groups is 2. The molecular formula is C13H19N3OS2. The standard InChI is InChI=1S/C13H19N3OS2/c1-2-10-11(19-6-5-18-10)12-15-9-3-4-14-7-8(9)13(17)16-12/h10-11,14H,2-7H2,1H3,(H,15,16,17). The van der Waals surface area contributed by atoms with Gasteiger partial charge in [-0.25, -0.2) is 4.98 Å². The van der Waals surface area contributed by atoms with Crippen LogP contribution in [0.4, 0.5) is 0 Å². The van der Waals surface area contributed by atoms with E-state index in [4.69, 9.17) is 4.98 Å². The van der Waals surface area contributed by atoms with Crippen molar-refractivity contribution in [2.75, 3.05) is 18.1 Å². The number of fused-ring (bicyclic) bond motifs is 1. The zero-order valence-corrected chi connectivity index (χ0v) is 12.7. The van der Waals surface area contributed by atoms with E-state index in [-0.39, 0.29) is 5.56 Å². The van der Waals surface area contributed by atoms with Gasteiger partial charge in [0.05, 0.1) is 16.5 Å². The molecule has 104 valence electrons. The Morgan fingerprint density at radius 3 is 3.05 bits per heavy atom. The van der Waals surface area contributed by atoms with Gasteiger partial charge in [-0.05, 0) is 6.42 Å². The number of H-pyrrole nitrogens is 1. The van der Waals surface area contributed by atoms with Gasteiger partial charge >= 0.3 is 0 Å². The minimum atomic E-state index is 0.0539. The van der Waals surface area contributed by atoms with E-state index in [9.17, 15) is 4.79 Å². The van der Waals surface area contributed by atoms with Crippen molar-refractivity contribution in [3.63, 3.8) is 0 Å². The molecule has 4 nitrogen and oxygen atoms in total. The summed E-state index contributed by atoms with van der Waals surface area (Å²) in [4.78, 5) is 20.0. The van der Waals surface area contributed by atoms with Crippen molar-refractivity contribution < 1.29 is 0 Å². The van der Waals surface area contributed by atoms with Crippen molar-refractivity contribution in [1.82, 2.24) is 15.3 Å². The summed E-state index contributed by atoms with van der Waals surface area (Å²) in [5, 5.41) is 4.15. The maximum atomic E-state index is 12.2. The van der Waals surface area contributed by atoms with Gasteiger partial charge in [0.25, 0.3) is 5.56 Å². The Morgan fingerprint density at radius 2 is 2.21 bits per heavy atom. The van der Waals surface area contributed by atoms with Crippen LogP contribution in [0.3, 0.4) is 0 Å². The molecule has 3 rings (SSSR count). The van der Waals surface area contributed by atoms with E-state index in [1.54, 1.807) is 0 Å². The minimum Gasteiger partial charge on any atom is -0.312 e. The summed E-state index contributed by atoms with van der Waals surface area (Å²) >= 11 is 3.95. The third-order valence-corrected chi connectivity index (χ3v) is 6.94. The van der Waals surface area contributed by atoms with Crippen LogP contribution in [0.15, 0.2) is 4.79 Å². The van der Waals surface area contributed by atoms with Crippen LogP contribution in [-0.2, 0) is 13.0 Å². The Kier molecular flexibility index (Phi) is 4.19. The summed E-state index contributed by atoms with van der Waals surface area (Å²) in [7, 11) is 0. The summed E-state index contributed by atoms with van der Waals surface area (Å²) < 4.78 is 0. The van der Waals surface area contributed by atoms with Crippen molar-refractivity contribution in [3.05, 3.63) is 27.4 Å². The zero-order chi connectivity index (χ0) is 13.2. The van der Waals surface area contributed by atoms with Gasteiger partial charge in [0, 0.05) is 36.3 Å². The lowest BCUT2D eigenvalue weighted by atomic mass is 10.1. The van der Waals surface area contributed by atoms with Gasteiger partial charge in [-0.3, -0.25) is 4.79 Å². The van der Waals surface area contributed by atoms with Crippen LogP contribution in [0.2, 0.25) is 0 Å². The Balaban J connectivity index is 1.96. The summed E-state index contributed by atoms with van der Waals surface area (Å²) in [5.74, 6) is 3.25. The van der Waals surface area contributed by atoms with Gasteiger partial charge in [0.15, 0.2) is 0 Å². The molecule has 0 spiro atoms. The molecule has 1 saturated heterocycles. The highest BCUT2D eigenvalue weighted by atomic mass is 32.2. The molecule has 6 heteroatoms. The Labute approximate surface area is 121 Å². The van der Waals surface area contributed by atoms with Crippen LogP contribution in [0.1, 0.15) is 35.7 Å². The molecule has 2 atom stereocenters. The van der Waals surface area contributed by atoms with Gasteiger partial charge < -0.3 is 10.3 Å². The molecule has 1 fully saturated rings. The number of hydrogen-bond acceptors (Lipinski definition) is 5. The molecule has 19 heavy (non-hydrogen) atoms. The topological polar surface area (TPSA) is 57.8 Å². The molecule has 0 bridgehead atoms. The van der Waals surface area contributed by atoms with E-state index in [0.29, 0.717) is 17.0 Å². The summed E-state index contributed by atoms with van der Waals surface area (Å²) in [6, 6.07) is 0. The lowest BCUT2D eigenvalue weighted by Crippen LogP contribution is -2.33. The molecule has 0 saturated carbocycles. The van der Waals surface area contributed by atoms with Crippen molar-refractivity contribution in [3.8, 4) is 0 Å². The van der Waals surface area contributed by atoms with Gasteiger partial charge in [-0.2, -0.15) is 11.8 Å². The number of nitrogens with zero attached hydrogens (tertiary/aromatic N) is 1. The van der Waals surface area contributed by atoms with Crippen LogP contribution < -0.4 is 10.9 Å². The maximum Gasteiger partial charge on any atom is 0.255 e. The third kappa shape index (κ3) is 2.71. The predicted molar refractivity (Wildman–Crippen MR) is 82.0 cm³/mol. The SMILES string of the molecule is CCC1SCCSC1c1nc2c(c(=O)[nH]1)CNCC2. The second-order valence-electron chi connectivity index (χ2n) is 4.91. The molecule has 0 aromatic carbocycles. The first kappa shape index (κ1) is 13.5. The van der Waals surface area contributed by atoms with Gasteiger partial charge in [-0.15, -0.1) is 11.8 Å². The lowest BCUT2D eigenvalue weighted by molar-refractivity contribution is 0.609. The zero-order valence-electron chi connectivity index (χ0n) is 11.1. The van der Waals surface area contributed by atoms with E-state index in [0.717, 1.165) is 42.2 Å². The van der Waals surface area contributed by atoms with Crippen LogP contribution in [0.25, 0.3) is 0 Å². The lowest BCUT2D eigenvalue weighted by Gasteiger charge is -2.29. The molecular weight excluding hydrogens is 278 g/mol. The quantitative estimate of drug-likeness (QED) is 0.870. The number of hydrogen-bond donors (Lipinski definition) is 2. The molecule has 2 unspecified atom stereocenters. The fraction of sp³-hybridized carbons (Fsp3) is 0.692. The van der Waals surface area contributed by atoms with Crippen molar-refractivity contribution >= 4 is 23.5 Å². The highest BCUT2D eigenvalue weighted by Gasteiger charge is 2.29. The first-order valence-electron chi connectivity index (χ1n) is 6.85. The average Bonchev–Trinajstić information content (AvgIpc) is 2.47. The molecule has 2 N–H and O–H groups in total. The molecule has 0 aliphatic carbocycles. The molecule has 2 aliphatic rings. The van der Waals surface area contributed by atoms with E-state index in [2.05, 4.69) is 17.2 Å². The van der Waals surface area contributed by atoms with E-state index in [1.165, 1.54) is 5.75 Å². The molecule has 1 aromatic rings. The fourth-order valence-electron chi connectivity index (χ4n) is 2.66. The van der Waals surface area contributed by atoms with Crippen molar-refractivity contribution in [1.29, 1.82) is 0 Å². The first-order chi connectivity index (χ1) is 9.29. The minimum absolute atomic E-state index is 0.0539. The second-order valence-corrected chi connectivity index (χ2v) is 7.51. The van der Waals surface area contributed by atoms with Gasteiger partial charge in [0.1, 0.15) is 5.82 Å². The normalized spacial score (nSPS) is 27.0. The number of rotatable bonds is 2. The van der Waals surface area contributed by atoms with Gasteiger partial charge in [0.2, 0.25) is 0 Å². The summed E-state index contributed by atoms with van der Waals surface area (Å²) in [5.41, 5.74) is 1.89. The Bertz CT molecular complexity index is 517. The number of aromatic amines is 1. The third-order valence-electron chi connectivity index (χ3n) is 3.68. The number of aromatic nitrogens is 2. The van der Waals surface area contributed by atoms with E-state index in [1.807, 2.05) is 23.5 Å². The molecule has 2 aliphatic heterocycles. The molecule has 3 heterocycles. The highest BCUT2D eigenvalue weighted by molar-refractivity contribution is 8.06. The monoisotopic (exact) mass is 297 g/mol. The van der Waals surface area contributed by atoms with Crippen molar-refractivity contribution in [2.45, 2.75) is 36.8 Å². The van der Waals surface area contributed by atoms with Crippen LogP contribution in [0.5, 0.6) is 0 Å². The van der Waals surface area contributed by atoms with Crippen LogP contribution in [-0.4, -0.2) is 33.3 Å². The first-order valence-corrected chi connectivity index (χ1v) is 8.95. The summed E-state index contributed by atoms with van der Waals surface area (Å²) in [6.45, 7) is 3.80. The maximum absolute atomic E-state index is 12.2. The van der Waals surface area contributed by atoms with Crippen LogP contribution >= 0.6 is 23.5 Å². The second kappa shape index (κ2) is 5.89. The van der Waals surface area contributed by atoms with Crippen LogP contribution in [0, 0.1) is 0 Å². The highest BCUT2D eigenvalue weighted by Crippen LogP contribution is 2.42. The average molecular weight is 297 g/mol. The Morgan fingerprint density at radius 1 is 1.37 bits per heavy atom. The largest absolute Gasteiger partial charge is 0.312 e. The van der Waals surface area contributed by atoms with E-state index < -0.39 is 0 Å². The van der Waals surface area contributed by atoms with Gasteiger partial charge in [-0.1, -0.05) is 6.92 Å². The predicted octanol–water partition coefficient (Wildman–Crippen LogP) is 1.72. The summed E-state index contributed by atoms with van der Waals surface area (Å²) in [6.07, 6.45) is 2.00. The van der Waals surface area contributed by atoms with E-state index >= 15 is 0 Å². The fourth-order valence-corrected chi connectivity index (χ4v) is 5.68. The van der Waals surface area contributed by atoms with Crippen molar-refractivity contribution in [2.24, 2.45) is 0 Å². The smallest absolute Gasteiger partial charge is 0.255 e. The Hall–Kier alpha value is -0.460. The molecule has 0 radical (unpaired) electrons. The number of nitrogens with one attached hydrogen (secondary N) is 2.